The molecule has 33 heavy (non-hydrogen) atoms. The number of nitrogens with zero attached hydrogens (tertiary/aromatic N) is 1. The van der Waals surface area contributed by atoms with Crippen molar-refractivity contribution in [3.8, 4) is 0 Å². The van der Waals surface area contributed by atoms with Gasteiger partial charge >= 0.3 is 12.1 Å². The van der Waals surface area contributed by atoms with E-state index in [0.717, 1.165) is 21.6 Å². The van der Waals surface area contributed by atoms with Crippen molar-refractivity contribution < 1.29 is 22.8 Å². The first-order valence-corrected chi connectivity index (χ1v) is 11.0. The van der Waals surface area contributed by atoms with Crippen molar-refractivity contribution in [3.05, 3.63) is 63.7 Å². The fourth-order valence-electron chi connectivity index (χ4n) is 3.75. The Bertz CT molecular complexity index is 1030. The van der Waals surface area contributed by atoms with E-state index >= 15 is 0 Å². The van der Waals surface area contributed by atoms with Crippen LogP contribution >= 0.6 is 11.6 Å². The zero-order valence-electron chi connectivity index (χ0n) is 18.8. The predicted octanol–water partition coefficient (Wildman–Crippen LogP) is 4.97. The second kappa shape index (κ2) is 9.63. The highest BCUT2D eigenvalue weighted by atomic mass is 35.5. The van der Waals surface area contributed by atoms with Gasteiger partial charge in [0.1, 0.15) is 0 Å². The predicted molar refractivity (Wildman–Crippen MR) is 122 cm³/mol. The minimum Gasteiger partial charge on any atom is -0.380 e. The molecule has 2 N–H and O–H groups in total. The van der Waals surface area contributed by atoms with Crippen molar-refractivity contribution in [2.75, 3.05) is 18.4 Å². The van der Waals surface area contributed by atoms with Gasteiger partial charge in [-0.1, -0.05) is 29.8 Å². The van der Waals surface area contributed by atoms with Crippen molar-refractivity contribution in [2.24, 2.45) is 0 Å². The molecule has 0 radical (unpaired) electrons. The van der Waals surface area contributed by atoms with Crippen LogP contribution in [0.25, 0.3) is 0 Å². The lowest BCUT2D eigenvalue weighted by Crippen LogP contribution is -2.42. The normalized spacial score (nSPS) is 14.3. The topological polar surface area (TPSA) is 61.4 Å². The molecule has 2 amide bonds. The number of carbonyl (C=O) groups excluding carboxylic acids is 2. The van der Waals surface area contributed by atoms with Crippen molar-refractivity contribution in [3.63, 3.8) is 0 Å². The summed E-state index contributed by atoms with van der Waals surface area (Å²) in [5.74, 6) is -1.97. The summed E-state index contributed by atoms with van der Waals surface area (Å²) in [7, 11) is 0. The highest BCUT2D eigenvalue weighted by Crippen LogP contribution is 2.32. The van der Waals surface area contributed by atoms with Crippen LogP contribution in [0.4, 0.5) is 18.9 Å². The van der Waals surface area contributed by atoms with Crippen molar-refractivity contribution >= 4 is 29.1 Å². The Balaban J connectivity index is 1.71. The Morgan fingerprint density at radius 1 is 1.00 bits per heavy atom. The van der Waals surface area contributed by atoms with Gasteiger partial charge in [-0.05, 0) is 68.5 Å². The second-order valence-electron chi connectivity index (χ2n) is 9.10. The third-order valence-corrected chi connectivity index (χ3v) is 5.66. The van der Waals surface area contributed by atoms with Gasteiger partial charge in [-0.15, -0.1) is 0 Å². The molecule has 0 aromatic heterocycles. The molecule has 0 atom stereocenters. The van der Waals surface area contributed by atoms with E-state index in [1.807, 2.05) is 32.9 Å². The highest BCUT2D eigenvalue weighted by Gasteiger charge is 2.42. The van der Waals surface area contributed by atoms with Gasteiger partial charge in [-0.2, -0.15) is 13.2 Å². The van der Waals surface area contributed by atoms with E-state index < -0.39 is 12.1 Å². The largest absolute Gasteiger partial charge is 0.471 e. The van der Waals surface area contributed by atoms with Gasteiger partial charge in [0.05, 0.1) is 10.7 Å². The molecule has 1 heterocycles. The molecule has 0 unspecified atom stereocenters. The van der Waals surface area contributed by atoms with E-state index in [9.17, 15) is 22.8 Å². The Labute approximate surface area is 196 Å². The lowest BCUT2D eigenvalue weighted by Gasteiger charge is -2.21. The molecular formula is C24H27ClF3N3O2. The molecule has 0 saturated heterocycles. The number of carbonyl (C=O) groups is 2. The summed E-state index contributed by atoms with van der Waals surface area (Å²) >= 11 is 6.40. The fraction of sp³-hybridized carbons (Fsp3) is 0.417. The Morgan fingerprint density at radius 2 is 1.64 bits per heavy atom. The maximum absolute atomic E-state index is 12.9. The van der Waals surface area contributed by atoms with Crippen LogP contribution in [-0.4, -0.2) is 41.5 Å². The third kappa shape index (κ3) is 6.41. The summed E-state index contributed by atoms with van der Waals surface area (Å²) < 4.78 is 38.6. The van der Waals surface area contributed by atoms with Crippen LogP contribution in [0.15, 0.2) is 36.4 Å². The number of anilines is 1. The molecule has 1 aliphatic heterocycles. The summed E-state index contributed by atoms with van der Waals surface area (Å²) in [6.45, 7) is 6.13. The first-order chi connectivity index (χ1) is 15.3. The van der Waals surface area contributed by atoms with Crippen LogP contribution in [0.2, 0.25) is 5.02 Å². The fourth-order valence-corrected chi connectivity index (χ4v) is 3.99. The highest BCUT2D eigenvalue weighted by molar-refractivity contribution is 6.33. The van der Waals surface area contributed by atoms with Crippen LogP contribution in [0.1, 0.15) is 47.8 Å². The quantitative estimate of drug-likeness (QED) is 0.648. The molecule has 2 aromatic rings. The summed E-state index contributed by atoms with van der Waals surface area (Å²) in [4.78, 5) is 24.8. The molecule has 0 aliphatic carbocycles. The first kappa shape index (κ1) is 24.9. The minimum atomic E-state index is -4.88. The Kier molecular flexibility index (Phi) is 7.26. The molecule has 2 aromatic carbocycles. The summed E-state index contributed by atoms with van der Waals surface area (Å²) in [5, 5.41) is 6.66. The molecule has 5 nitrogen and oxygen atoms in total. The maximum atomic E-state index is 12.9. The molecule has 9 heteroatoms. The van der Waals surface area contributed by atoms with Gasteiger partial charge in [0, 0.05) is 30.7 Å². The van der Waals surface area contributed by atoms with Gasteiger partial charge < -0.3 is 15.5 Å². The molecular weight excluding hydrogens is 455 g/mol. The average molecular weight is 482 g/mol. The van der Waals surface area contributed by atoms with Gasteiger partial charge in [-0.3, -0.25) is 9.59 Å². The third-order valence-electron chi connectivity index (χ3n) is 5.35. The van der Waals surface area contributed by atoms with Crippen LogP contribution in [0, 0.1) is 0 Å². The molecule has 0 saturated carbocycles. The molecule has 178 valence electrons. The van der Waals surface area contributed by atoms with Crippen LogP contribution < -0.4 is 10.6 Å². The number of halogens is 4. The second-order valence-corrected chi connectivity index (χ2v) is 9.51. The lowest BCUT2D eigenvalue weighted by atomic mass is 10.0. The molecule has 3 rings (SSSR count). The van der Waals surface area contributed by atoms with E-state index in [0.29, 0.717) is 29.2 Å². The van der Waals surface area contributed by atoms with Crippen molar-refractivity contribution in [1.82, 2.24) is 10.2 Å². The standard InChI is InChI=1S/C24H27ClF3N3O2/c1-23(2,3)30-21(32)17-6-4-15(5-7-17)14-29-20-18-11-13-31(22(33)24(26,27)28)12-10-16(18)8-9-19(20)25/h4-9,29H,10-14H2,1-3H3,(H,30,32). The monoisotopic (exact) mass is 481 g/mol. The number of rotatable bonds is 4. The number of hydrogen-bond acceptors (Lipinski definition) is 3. The van der Waals surface area contributed by atoms with Gasteiger partial charge in [0.2, 0.25) is 0 Å². The minimum absolute atomic E-state index is 0.00447. The zero-order chi connectivity index (χ0) is 24.4. The van der Waals surface area contributed by atoms with Gasteiger partial charge in [-0.25, -0.2) is 0 Å². The lowest BCUT2D eigenvalue weighted by molar-refractivity contribution is -0.185. The smallest absolute Gasteiger partial charge is 0.380 e. The number of alkyl halides is 3. The van der Waals surface area contributed by atoms with Crippen molar-refractivity contribution in [1.29, 1.82) is 0 Å². The average Bonchev–Trinajstić information content (AvgIpc) is 2.93. The zero-order valence-corrected chi connectivity index (χ0v) is 19.5. The number of fused-ring (bicyclic) bond motifs is 1. The Hall–Kier alpha value is -2.74. The van der Waals surface area contributed by atoms with Gasteiger partial charge in [0.15, 0.2) is 0 Å². The van der Waals surface area contributed by atoms with E-state index in [-0.39, 0.29) is 31.0 Å². The summed E-state index contributed by atoms with van der Waals surface area (Å²) in [5.41, 5.74) is 3.48. The van der Waals surface area contributed by atoms with Crippen LogP contribution in [-0.2, 0) is 24.2 Å². The Morgan fingerprint density at radius 3 is 2.24 bits per heavy atom. The first-order valence-electron chi connectivity index (χ1n) is 10.7. The number of nitrogens with one attached hydrogen (secondary N) is 2. The molecule has 0 bridgehead atoms. The number of benzene rings is 2. The van der Waals surface area contributed by atoms with Crippen molar-refractivity contribution in [2.45, 2.75) is 51.9 Å². The molecule has 0 fully saturated rings. The SMILES string of the molecule is CC(C)(C)NC(=O)c1ccc(CNc2c(Cl)ccc3c2CCN(C(=O)C(F)(F)F)CC3)cc1. The van der Waals surface area contributed by atoms with Crippen LogP contribution in [0.5, 0.6) is 0 Å². The number of amides is 2. The molecule has 1 aliphatic rings. The van der Waals surface area contributed by atoms with Crippen LogP contribution in [0.3, 0.4) is 0 Å². The van der Waals surface area contributed by atoms with E-state index in [1.54, 1.807) is 24.3 Å². The maximum Gasteiger partial charge on any atom is 0.471 e. The number of hydrogen-bond donors (Lipinski definition) is 2. The van der Waals surface area contributed by atoms with E-state index in [1.165, 1.54) is 0 Å². The summed E-state index contributed by atoms with van der Waals surface area (Å²) in [6.07, 6.45) is -4.29. The summed E-state index contributed by atoms with van der Waals surface area (Å²) in [6, 6.07) is 10.7. The van der Waals surface area contributed by atoms with E-state index in [2.05, 4.69) is 10.6 Å². The molecule has 0 spiro atoms. The van der Waals surface area contributed by atoms with Gasteiger partial charge in [0.25, 0.3) is 5.91 Å². The van der Waals surface area contributed by atoms with E-state index in [4.69, 9.17) is 11.6 Å².